The Balaban J connectivity index is 2.07. The van der Waals surface area contributed by atoms with Gasteiger partial charge in [-0.05, 0) is 38.1 Å². The molecule has 0 unspecified atom stereocenters. The summed E-state index contributed by atoms with van der Waals surface area (Å²) in [6, 6.07) is 11.0. The van der Waals surface area contributed by atoms with Crippen LogP contribution >= 0.6 is 0 Å². The van der Waals surface area contributed by atoms with Crippen molar-refractivity contribution >= 4 is 10.1 Å². The van der Waals surface area contributed by atoms with E-state index < -0.39 is 28.3 Å². The lowest BCUT2D eigenvalue weighted by Gasteiger charge is -2.20. The number of rotatable bonds is 7. The first-order valence-corrected chi connectivity index (χ1v) is 8.46. The summed E-state index contributed by atoms with van der Waals surface area (Å²) in [5, 5.41) is 9.63. The highest BCUT2D eigenvalue weighted by Crippen LogP contribution is 2.19. The van der Waals surface area contributed by atoms with Crippen LogP contribution in [0, 0.1) is 12.7 Å². The molecular formula is C16H17FO6S. The van der Waals surface area contributed by atoms with Gasteiger partial charge in [-0.1, -0.05) is 28.1 Å². The first kappa shape index (κ1) is 18.3. The highest BCUT2D eigenvalue weighted by atomic mass is 32.2. The van der Waals surface area contributed by atoms with Crippen LogP contribution < -0.4 is 4.74 Å². The summed E-state index contributed by atoms with van der Waals surface area (Å²) >= 11 is 0. The number of ether oxygens (including phenoxy) is 1. The van der Waals surface area contributed by atoms with Gasteiger partial charge in [-0.3, -0.25) is 0 Å². The monoisotopic (exact) mass is 356 g/mol. The Hall–Kier alpha value is -2.00. The molecule has 2 aromatic rings. The van der Waals surface area contributed by atoms with Crippen LogP contribution in [0.2, 0.25) is 0 Å². The van der Waals surface area contributed by atoms with Gasteiger partial charge in [0.05, 0.1) is 4.90 Å². The molecule has 2 atom stereocenters. The fraction of sp³-hybridized carbons (Fsp3) is 0.250. The highest BCUT2D eigenvalue weighted by molar-refractivity contribution is 7.86. The molecule has 0 saturated heterocycles. The minimum Gasteiger partial charge on any atom is -0.459 e. The van der Waals surface area contributed by atoms with Gasteiger partial charge in [0.15, 0.2) is 0 Å². The van der Waals surface area contributed by atoms with Crippen molar-refractivity contribution in [3.05, 3.63) is 59.9 Å². The molecule has 2 aromatic carbocycles. The number of aliphatic hydroxyl groups is 1. The quantitative estimate of drug-likeness (QED) is 0.466. The van der Waals surface area contributed by atoms with Gasteiger partial charge < -0.3 is 9.84 Å². The Morgan fingerprint density at radius 3 is 2.38 bits per heavy atom. The molecule has 1 N–H and O–H groups in total. The third kappa shape index (κ3) is 5.00. The van der Waals surface area contributed by atoms with Gasteiger partial charge in [0.2, 0.25) is 0 Å². The van der Waals surface area contributed by atoms with Gasteiger partial charge in [-0.15, -0.1) is 0 Å². The van der Waals surface area contributed by atoms with Crippen LogP contribution in [0.5, 0.6) is 5.75 Å². The Morgan fingerprint density at radius 2 is 1.79 bits per heavy atom. The first-order valence-electron chi connectivity index (χ1n) is 7.05. The molecule has 8 heteroatoms. The van der Waals surface area contributed by atoms with Gasteiger partial charge in [-0.2, -0.15) is 13.3 Å². The number of benzene rings is 2. The molecule has 0 spiro atoms. The zero-order valence-electron chi connectivity index (χ0n) is 13.0. The fourth-order valence-electron chi connectivity index (χ4n) is 1.71. The molecule has 0 aromatic heterocycles. The molecule has 24 heavy (non-hydrogen) atoms. The summed E-state index contributed by atoms with van der Waals surface area (Å²) in [6.45, 7) is 3.12. The fourth-order valence-corrected chi connectivity index (χ4v) is 2.44. The third-order valence-electron chi connectivity index (χ3n) is 2.98. The second kappa shape index (κ2) is 7.71. The number of aryl methyl sites for hydroxylation is 1. The molecule has 0 aliphatic heterocycles. The van der Waals surface area contributed by atoms with Crippen molar-refractivity contribution in [3.63, 3.8) is 0 Å². The minimum absolute atomic E-state index is 0.0530. The largest absolute Gasteiger partial charge is 0.459 e. The topological polar surface area (TPSA) is 82.1 Å². The van der Waals surface area contributed by atoms with Crippen molar-refractivity contribution < 1.29 is 31.9 Å². The average molecular weight is 356 g/mol. The maximum Gasteiger partial charge on any atom is 0.323 e. The molecule has 130 valence electrons. The van der Waals surface area contributed by atoms with Crippen LogP contribution in [0.3, 0.4) is 0 Å². The summed E-state index contributed by atoms with van der Waals surface area (Å²) in [7, 11) is -4.19. The number of aliphatic hydroxyl groups excluding tert-OH is 1. The number of hydrogen-bond acceptors (Lipinski definition) is 6. The molecule has 0 radical (unpaired) electrons. The normalized spacial score (nSPS) is 14.2. The van der Waals surface area contributed by atoms with E-state index in [1.54, 1.807) is 12.1 Å². The predicted octanol–water partition coefficient (Wildman–Crippen LogP) is 2.56. The summed E-state index contributed by atoms with van der Waals surface area (Å²) in [5.74, 6) is -0.498. The van der Waals surface area contributed by atoms with Crippen LogP contribution in [0.25, 0.3) is 0 Å². The minimum atomic E-state index is -4.19. The molecular weight excluding hydrogens is 339 g/mol. The Kier molecular flexibility index (Phi) is 5.89. The van der Waals surface area contributed by atoms with E-state index in [1.165, 1.54) is 37.3 Å². The number of hydrogen-bond donors (Lipinski definition) is 1. The van der Waals surface area contributed by atoms with Gasteiger partial charge in [0.1, 0.15) is 17.7 Å². The SMILES string of the molecule is Cc1ccc(S(=O)(=O)OO[C@H](Oc2cccc(F)c2)[C@H](C)O)cc1. The molecule has 0 aliphatic rings. The Morgan fingerprint density at radius 1 is 1.12 bits per heavy atom. The second-order valence-corrected chi connectivity index (χ2v) is 6.63. The maximum atomic E-state index is 13.1. The van der Waals surface area contributed by atoms with Crippen molar-refractivity contribution in [2.75, 3.05) is 0 Å². The summed E-state index contributed by atoms with van der Waals surface area (Å²) in [6.07, 6.45) is -2.70. The van der Waals surface area contributed by atoms with Crippen molar-refractivity contribution in [3.8, 4) is 5.75 Å². The molecule has 6 nitrogen and oxygen atoms in total. The smallest absolute Gasteiger partial charge is 0.323 e. The van der Waals surface area contributed by atoms with Crippen molar-refractivity contribution in [1.82, 2.24) is 0 Å². The van der Waals surface area contributed by atoms with E-state index in [4.69, 9.17) is 9.62 Å². The molecule has 2 rings (SSSR count). The van der Waals surface area contributed by atoms with Gasteiger partial charge in [0.25, 0.3) is 6.29 Å². The Labute approximate surface area is 139 Å². The Bertz CT molecular complexity index is 773. The van der Waals surface area contributed by atoms with Gasteiger partial charge in [0, 0.05) is 6.07 Å². The van der Waals surface area contributed by atoms with Gasteiger partial charge >= 0.3 is 10.1 Å². The zero-order valence-corrected chi connectivity index (χ0v) is 13.9. The van der Waals surface area contributed by atoms with E-state index in [-0.39, 0.29) is 10.6 Å². The van der Waals surface area contributed by atoms with Crippen molar-refractivity contribution in [2.45, 2.75) is 31.1 Å². The standard InChI is InChI=1S/C16H17FO6S/c1-11-6-8-15(9-7-11)24(19,20)23-22-16(12(2)18)21-14-5-3-4-13(17)10-14/h3-10,12,16,18H,1-2H3/t12-,16-/m0/s1. The second-order valence-electron chi connectivity index (χ2n) is 5.12. The van der Waals surface area contributed by atoms with Crippen LogP contribution in [0.15, 0.2) is 53.4 Å². The van der Waals surface area contributed by atoms with Crippen LogP contribution in [0.4, 0.5) is 4.39 Å². The predicted molar refractivity (Wildman–Crippen MR) is 83.0 cm³/mol. The first-order chi connectivity index (χ1) is 11.3. The average Bonchev–Trinajstić information content (AvgIpc) is 2.51. The van der Waals surface area contributed by atoms with E-state index in [0.29, 0.717) is 0 Å². The van der Waals surface area contributed by atoms with E-state index >= 15 is 0 Å². The van der Waals surface area contributed by atoms with E-state index in [9.17, 15) is 17.9 Å². The summed E-state index contributed by atoms with van der Waals surface area (Å²) < 4.78 is 46.9. The zero-order chi connectivity index (χ0) is 17.7. The molecule has 0 heterocycles. The molecule has 0 amide bonds. The summed E-state index contributed by atoms with van der Waals surface area (Å²) in [4.78, 5) is 4.61. The van der Waals surface area contributed by atoms with Crippen molar-refractivity contribution in [2.24, 2.45) is 0 Å². The lowest BCUT2D eigenvalue weighted by molar-refractivity contribution is -0.314. The molecule has 0 aliphatic carbocycles. The lowest BCUT2D eigenvalue weighted by Crippen LogP contribution is -2.33. The van der Waals surface area contributed by atoms with E-state index in [0.717, 1.165) is 11.6 Å². The lowest BCUT2D eigenvalue weighted by atomic mass is 10.2. The van der Waals surface area contributed by atoms with Crippen LogP contribution in [-0.2, 0) is 19.3 Å². The molecule has 0 saturated carbocycles. The van der Waals surface area contributed by atoms with Crippen LogP contribution in [-0.4, -0.2) is 25.9 Å². The highest BCUT2D eigenvalue weighted by Gasteiger charge is 2.24. The van der Waals surface area contributed by atoms with E-state index in [1.807, 2.05) is 6.92 Å². The van der Waals surface area contributed by atoms with Gasteiger partial charge in [-0.25, -0.2) is 4.39 Å². The summed E-state index contributed by atoms with van der Waals surface area (Å²) in [5.41, 5.74) is 0.881. The van der Waals surface area contributed by atoms with Crippen LogP contribution in [0.1, 0.15) is 12.5 Å². The third-order valence-corrected chi connectivity index (χ3v) is 4.08. The van der Waals surface area contributed by atoms with Crippen molar-refractivity contribution in [1.29, 1.82) is 0 Å². The van der Waals surface area contributed by atoms with E-state index in [2.05, 4.69) is 4.33 Å². The maximum absolute atomic E-state index is 13.1. The molecule has 0 bridgehead atoms. The number of halogens is 1. The molecule has 0 fully saturated rings.